The van der Waals surface area contributed by atoms with Crippen molar-refractivity contribution in [2.75, 3.05) is 0 Å². The Hall–Kier alpha value is -3.69. The third kappa shape index (κ3) is 3.75. The first kappa shape index (κ1) is 20.0. The lowest BCUT2D eigenvalue weighted by Gasteiger charge is -1.99. The number of benzene rings is 2. The van der Waals surface area contributed by atoms with Crippen LogP contribution in [0.3, 0.4) is 0 Å². The van der Waals surface area contributed by atoms with Crippen molar-refractivity contribution in [1.29, 1.82) is 0 Å². The van der Waals surface area contributed by atoms with E-state index in [-0.39, 0.29) is 11.2 Å². The van der Waals surface area contributed by atoms with Gasteiger partial charge in [0.25, 0.3) is 0 Å². The second kappa shape index (κ2) is 8.34. The monoisotopic (exact) mass is 470 g/mol. The van der Waals surface area contributed by atoms with Gasteiger partial charge in [-0.1, -0.05) is 72.0 Å². The molecule has 162 valence electrons. The molecule has 1 N–H and O–H groups in total. The molecule has 5 aromatic rings. The van der Waals surface area contributed by atoms with Crippen LogP contribution >= 0.6 is 22.7 Å². The van der Waals surface area contributed by atoms with Crippen LogP contribution in [0.4, 0.5) is 10.8 Å². The van der Waals surface area contributed by atoms with E-state index in [1.165, 1.54) is 20.9 Å². The minimum absolute atomic E-state index is 0.244. The second-order valence-corrected chi connectivity index (χ2v) is 9.54. The van der Waals surface area contributed by atoms with Gasteiger partial charge in [0.1, 0.15) is 0 Å². The van der Waals surface area contributed by atoms with Crippen LogP contribution in [-0.4, -0.2) is 19.7 Å². The van der Waals surface area contributed by atoms with Crippen molar-refractivity contribution in [3.05, 3.63) is 87.0 Å². The van der Waals surface area contributed by atoms with E-state index < -0.39 is 0 Å². The Morgan fingerprint density at radius 3 is 2.42 bits per heavy atom. The molecule has 3 aromatic heterocycles. The first-order valence-electron chi connectivity index (χ1n) is 10.6. The van der Waals surface area contributed by atoms with Gasteiger partial charge in [-0.15, -0.1) is 21.6 Å². The lowest BCUT2D eigenvalue weighted by molar-refractivity contribution is 0.843. The zero-order valence-electron chi connectivity index (χ0n) is 17.4. The number of fused-ring (bicyclic) bond motifs is 1. The van der Waals surface area contributed by atoms with E-state index in [1.807, 2.05) is 66.0 Å². The number of nitrogens with zero attached hydrogens (tertiary/aromatic N) is 5. The lowest BCUT2D eigenvalue weighted by Crippen LogP contribution is -2.13. The van der Waals surface area contributed by atoms with Crippen LogP contribution in [-0.2, 0) is 12.8 Å². The lowest BCUT2D eigenvalue weighted by atomic mass is 10.1. The predicted octanol–water partition coefficient (Wildman–Crippen LogP) is 6.32. The van der Waals surface area contributed by atoms with Crippen LogP contribution in [0.25, 0.3) is 27.6 Å². The van der Waals surface area contributed by atoms with Crippen molar-refractivity contribution in [3.63, 3.8) is 0 Å². The minimum atomic E-state index is -0.296. The van der Waals surface area contributed by atoms with Crippen LogP contribution in [0, 0.1) is 0 Å². The van der Waals surface area contributed by atoms with Gasteiger partial charge in [-0.25, -0.2) is 9.97 Å². The standard InChI is InChI=1S/C24H18N6OS2/c31-22-21(27-28-23-25-17-12-7-13-19(17)33-23)20(16-10-5-2-6-11-16)29-30(22)24-26-18(14-32-24)15-8-3-1-4-9-15/h1-6,8-11,14,29H,7,12-13H2. The van der Waals surface area contributed by atoms with Crippen molar-refractivity contribution in [1.82, 2.24) is 19.7 Å². The first-order chi connectivity index (χ1) is 16.3. The highest BCUT2D eigenvalue weighted by Crippen LogP contribution is 2.34. The maximum atomic E-state index is 13.4. The van der Waals surface area contributed by atoms with Crippen LogP contribution in [0.5, 0.6) is 0 Å². The molecular formula is C24H18N6OS2. The molecule has 0 fully saturated rings. The van der Waals surface area contributed by atoms with Gasteiger partial charge >= 0.3 is 5.56 Å². The third-order valence-electron chi connectivity index (χ3n) is 5.50. The summed E-state index contributed by atoms with van der Waals surface area (Å²) in [6, 6.07) is 19.5. The number of aryl methyl sites for hydroxylation is 2. The molecule has 7 nitrogen and oxygen atoms in total. The van der Waals surface area contributed by atoms with Gasteiger partial charge in [0.05, 0.1) is 17.1 Å². The Kier molecular flexibility index (Phi) is 5.04. The van der Waals surface area contributed by atoms with Crippen molar-refractivity contribution in [2.24, 2.45) is 10.2 Å². The highest BCUT2D eigenvalue weighted by atomic mass is 32.1. The van der Waals surface area contributed by atoms with E-state index in [4.69, 9.17) is 0 Å². The predicted molar refractivity (Wildman–Crippen MR) is 131 cm³/mol. The first-order valence-corrected chi connectivity index (χ1v) is 12.3. The molecule has 2 aromatic carbocycles. The highest BCUT2D eigenvalue weighted by molar-refractivity contribution is 7.15. The summed E-state index contributed by atoms with van der Waals surface area (Å²) >= 11 is 2.95. The van der Waals surface area contributed by atoms with Gasteiger partial charge < -0.3 is 0 Å². The largest absolute Gasteiger partial charge is 0.301 e. The molecule has 1 aliphatic carbocycles. The van der Waals surface area contributed by atoms with E-state index in [9.17, 15) is 4.79 Å². The molecule has 0 spiro atoms. The topological polar surface area (TPSA) is 88.3 Å². The minimum Gasteiger partial charge on any atom is -0.286 e. The summed E-state index contributed by atoms with van der Waals surface area (Å²) in [4.78, 5) is 23.9. The van der Waals surface area contributed by atoms with Crippen LogP contribution in [0.15, 0.2) is 81.1 Å². The molecule has 1 aliphatic rings. The number of thiazole rings is 2. The zero-order chi connectivity index (χ0) is 22.2. The summed E-state index contributed by atoms with van der Waals surface area (Å²) in [6.45, 7) is 0. The summed E-state index contributed by atoms with van der Waals surface area (Å²) in [5.41, 5.74) is 4.33. The van der Waals surface area contributed by atoms with Crippen LogP contribution < -0.4 is 5.56 Å². The molecular weight excluding hydrogens is 452 g/mol. The van der Waals surface area contributed by atoms with Gasteiger partial charge in [0.15, 0.2) is 5.69 Å². The molecule has 0 bridgehead atoms. The summed E-state index contributed by atoms with van der Waals surface area (Å²) in [7, 11) is 0. The zero-order valence-corrected chi connectivity index (χ0v) is 19.1. The number of azo groups is 1. The average Bonchev–Trinajstić information content (AvgIpc) is 3.62. The SMILES string of the molecule is O=c1c(N=Nc2nc3c(s2)CCC3)c(-c2ccccc2)[nH]n1-c1nc(-c2ccccc2)cs1. The molecule has 3 heterocycles. The molecule has 0 unspecified atom stereocenters. The van der Waals surface area contributed by atoms with Gasteiger partial charge in [-0.3, -0.25) is 9.89 Å². The van der Waals surface area contributed by atoms with Gasteiger partial charge in [-0.2, -0.15) is 4.68 Å². The van der Waals surface area contributed by atoms with Gasteiger partial charge in [0.2, 0.25) is 10.3 Å². The average molecular weight is 471 g/mol. The molecule has 9 heteroatoms. The number of aromatic amines is 1. The Labute approximate surface area is 197 Å². The maximum absolute atomic E-state index is 13.4. The number of aromatic nitrogens is 4. The highest BCUT2D eigenvalue weighted by Gasteiger charge is 2.20. The molecule has 33 heavy (non-hydrogen) atoms. The summed E-state index contributed by atoms with van der Waals surface area (Å²) < 4.78 is 1.44. The van der Waals surface area contributed by atoms with Gasteiger partial charge in [0, 0.05) is 21.4 Å². The number of H-pyrrole nitrogens is 1. The molecule has 0 atom stereocenters. The quantitative estimate of drug-likeness (QED) is 0.305. The Bertz CT molecular complexity index is 1490. The summed E-state index contributed by atoms with van der Waals surface area (Å²) in [6.07, 6.45) is 3.18. The number of nitrogens with one attached hydrogen (secondary N) is 1. The summed E-state index contributed by atoms with van der Waals surface area (Å²) in [5.74, 6) is 0. The van der Waals surface area contributed by atoms with E-state index in [0.29, 0.717) is 16.0 Å². The van der Waals surface area contributed by atoms with Crippen molar-refractivity contribution < 1.29 is 0 Å². The van der Waals surface area contributed by atoms with Crippen molar-refractivity contribution in [3.8, 4) is 27.6 Å². The van der Waals surface area contributed by atoms with E-state index >= 15 is 0 Å². The van der Waals surface area contributed by atoms with E-state index in [1.54, 1.807) is 11.3 Å². The normalized spacial score (nSPS) is 13.1. The van der Waals surface area contributed by atoms with Crippen LogP contribution in [0.1, 0.15) is 17.0 Å². The summed E-state index contributed by atoms with van der Waals surface area (Å²) in [5, 5.41) is 15.0. The van der Waals surface area contributed by atoms with E-state index in [0.717, 1.165) is 41.8 Å². The molecule has 0 radical (unpaired) electrons. The fraction of sp³-hybridized carbons (Fsp3) is 0.125. The number of hydrogen-bond donors (Lipinski definition) is 1. The maximum Gasteiger partial charge on any atom is 0.301 e. The Morgan fingerprint density at radius 1 is 0.909 bits per heavy atom. The van der Waals surface area contributed by atoms with Gasteiger partial charge in [-0.05, 0) is 19.3 Å². The van der Waals surface area contributed by atoms with Crippen molar-refractivity contribution >= 4 is 33.5 Å². The molecule has 0 saturated heterocycles. The molecule has 0 aliphatic heterocycles. The number of rotatable bonds is 5. The fourth-order valence-electron chi connectivity index (χ4n) is 3.88. The van der Waals surface area contributed by atoms with E-state index in [2.05, 4.69) is 25.3 Å². The molecule has 0 saturated carbocycles. The number of hydrogen-bond acceptors (Lipinski definition) is 7. The van der Waals surface area contributed by atoms with Crippen LogP contribution in [0.2, 0.25) is 0 Å². The Morgan fingerprint density at radius 2 is 1.67 bits per heavy atom. The molecule has 6 rings (SSSR count). The Balaban J connectivity index is 1.43. The molecule has 0 amide bonds. The smallest absolute Gasteiger partial charge is 0.286 e. The fourth-order valence-corrected chi connectivity index (χ4v) is 5.64. The third-order valence-corrected chi connectivity index (χ3v) is 7.37. The second-order valence-electron chi connectivity index (χ2n) is 7.64. The van der Waals surface area contributed by atoms with Crippen molar-refractivity contribution in [2.45, 2.75) is 19.3 Å².